The van der Waals surface area contributed by atoms with E-state index in [2.05, 4.69) is 25.4 Å². The molecule has 30 heavy (non-hydrogen) atoms. The number of aromatic nitrogens is 7. The van der Waals surface area contributed by atoms with Crippen LogP contribution in [0.5, 0.6) is 5.75 Å². The summed E-state index contributed by atoms with van der Waals surface area (Å²) in [5, 5.41) is 12.8. The first-order valence-corrected chi connectivity index (χ1v) is 9.62. The number of fused-ring (bicyclic) bond motifs is 5. The van der Waals surface area contributed by atoms with Crippen molar-refractivity contribution >= 4 is 0 Å². The summed E-state index contributed by atoms with van der Waals surface area (Å²) in [7, 11) is 3.28. The molecule has 10 nitrogen and oxygen atoms in total. The lowest BCUT2D eigenvalue weighted by Gasteiger charge is -2.11. The highest BCUT2D eigenvalue weighted by atomic mass is 16.5. The quantitative estimate of drug-likeness (QED) is 0.438. The Bertz CT molecular complexity index is 1220. The first-order chi connectivity index (χ1) is 14.6. The molecule has 0 aliphatic carbocycles. The molecule has 1 aromatic carbocycles. The van der Waals surface area contributed by atoms with Crippen molar-refractivity contribution in [2.45, 2.75) is 32.8 Å². The molecule has 1 aliphatic heterocycles. The van der Waals surface area contributed by atoms with E-state index >= 15 is 0 Å². The van der Waals surface area contributed by atoms with Crippen molar-refractivity contribution in [3.05, 3.63) is 47.4 Å². The van der Waals surface area contributed by atoms with Crippen LogP contribution >= 0.6 is 0 Å². The number of nitrogens with zero attached hydrogens (tertiary/aromatic N) is 7. The molecule has 0 spiro atoms. The van der Waals surface area contributed by atoms with Gasteiger partial charge >= 0.3 is 0 Å². The monoisotopic (exact) mass is 407 g/mol. The number of methoxy groups -OCH3 is 2. The summed E-state index contributed by atoms with van der Waals surface area (Å²) in [5.41, 5.74) is 4.99. The zero-order valence-corrected chi connectivity index (χ0v) is 17.2. The molecule has 1 aliphatic rings. The smallest absolute Gasteiger partial charge is 0.278 e. The Balaban J connectivity index is 1.73. The van der Waals surface area contributed by atoms with Crippen LogP contribution in [0.15, 0.2) is 29.0 Å². The van der Waals surface area contributed by atoms with Gasteiger partial charge in [-0.3, -0.25) is 4.57 Å². The Morgan fingerprint density at radius 1 is 1.17 bits per heavy atom. The first-order valence-electron chi connectivity index (χ1n) is 9.62. The fourth-order valence-corrected chi connectivity index (χ4v) is 3.61. The van der Waals surface area contributed by atoms with Crippen LogP contribution in [0.25, 0.3) is 23.0 Å². The largest absolute Gasteiger partial charge is 0.497 e. The lowest BCUT2D eigenvalue weighted by molar-refractivity contribution is 0.180. The Kier molecular flexibility index (Phi) is 4.35. The summed E-state index contributed by atoms with van der Waals surface area (Å²) >= 11 is 0. The maximum Gasteiger partial charge on any atom is 0.278 e. The molecule has 10 heteroatoms. The van der Waals surface area contributed by atoms with Crippen LogP contribution in [-0.4, -0.2) is 48.9 Å². The lowest BCUT2D eigenvalue weighted by atomic mass is 10.1. The van der Waals surface area contributed by atoms with Gasteiger partial charge in [0.25, 0.3) is 5.89 Å². The minimum Gasteiger partial charge on any atom is -0.497 e. The van der Waals surface area contributed by atoms with E-state index in [1.807, 2.05) is 41.3 Å². The van der Waals surface area contributed by atoms with Gasteiger partial charge in [0.05, 0.1) is 36.5 Å². The summed E-state index contributed by atoms with van der Waals surface area (Å²) in [4.78, 5) is 9.15. The molecule has 0 N–H and O–H groups in total. The zero-order valence-electron chi connectivity index (χ0n) is 17.2. The van der Waals surface area contributed by atoms with E-state index in [1.165, 1.54) is 0 Å². The van der Waals surface area contributed by atoms with Gasteiger partial charge < -0.3 is 14.0 Å². The van der Waals surface area contributed by atoms with E-state index in [1.54, 1.807) is 20.5 Å². The van der Waals surface area contributed by atoms with Crippen LogP contribution in [-0.2, 0) is 17.8 Å². The summed E-state index contributed by atoms with van der Waals surface area (Å²) in [6, 6.07) is 5.82. The second-order valence-electron chi connectivity index (χ2n) is 7.38. The third kappa shape index (κ3) is 2.79. The Morgan fingerprint density at radius 3 is 2.77 bits per heavy atom. The van der Waals surface area contributed by atoms with Gasteiger partial charge in [-0.25, -0.2) is 9.67 Å². The fraction of sp³-hybridized carbons (Fsp3) is 0.350. The lowest BCUT2D eigenvalue weighted by Crippen LogP contribution is -2.04. The van der Waals surface area contributed by atoms with E-state index < -0.39 is 0 Å². The van der Waals surface area contributed by atoms with Crippen molar-refractivity contribution in [2.24, 2.45) is 0 Å². The molecule has 3 aromatic heterocycles. The van der Waals surface area contributed by atoms with E-state index in [0.29, 0.717) is 30.4 Å². The summed E-state index contributed by atoms with van der Waals surface area (Å²) in [6.07, 6.45) is 2.29. The molecule has 0 bridgehead atoms. The van der Waals surface area contributed by atoms with Gasteiger partial charge in [-0.1, -0.05) is 24.2 Å². The van der Waals surface area contributed by atoms with E-state index in [9.17, 15) is 0 Å². The third-order valence-electron chi connectivity index (χ3n) is 5.16. The van der Waals surface area contributed by atoms with Gasteiger partial charge in [-0.15, -0.1) is 5.10 Å². The van der Waals surface area contributed by atoms with Gasteiger partial charge in [0.2, 0.25) is 0 Å². The zero-order chi connectivity index (χ0) is 20.8. The highest BCUT2D eigenvalue weighted by Gasteiger charge is 2.29. The third-order valence-corrected chi connectivity index (χ3v) is 5.16. The van der Waals surface area contributed by atoms with Crippen molar-refractivity contribution < 1.29 is 14.0 Å². The number of ether oxygens (including phenoxy) is 2. The minimum absolute atomic E-state index is 0.163. The molecule has 0 atom stereocenters. The van der Waals surface area contributed by atoms with Crippen molar-refractivity contribution in [1.29, 1.82) is 0 Å². The Hall–Kier alpha value is -3.53. The molecule has 0 amide bonds. The number of benzene rings is 1. The average molecular weight is 407 g/mol. The summed E-state index contributed by atoms with van der Waals surface area (Å²) in [5.74, 6) is 1.94. The molecule has 0 unspecified atom stereocenters. The van der Waals surface area contributed by atoms with Crippen molar-refractivity contribution in [3.63, 3.8) is 0 Å². The Labute approximate surface area is 172 Å². The molecule has 0 radical (unpaired) electrons. The standard InChI is InChI=1S/C20H21N7O3/c1-11(2)19-22-20(30-24-19)18-17-8-15-13(9-28-3)23-25-27(15)16-7-12(29-4)5-6-14(16)26(17)10-21-18/h5-7,10-11H,8-9H2,1-4H3. The van der Waals surface area contributed by atoms with Crippen LogP contribution in [0.1, 0.15) is 42.7 Å². The van der Waals surface area contributed by atoms with Gasteiger partial charge in [0, 0.05) is 25.5 Å². The van der Waals surface area contributed by atoms with E-state index in [4.69, 9.17) is 14.0 Å². The van der Waals surface area contributed by atoms with Gasteiger partial charge in [-0.2, -0.15) is 4.98 Å². The number of imidazole rings is 1. The second-order valence-corrected chi connectivity index (χ2v) is 7.38. The van der Waals surface area contributed by atoms with Gasteiger partial charge in [0.15, 0.2) is 11.5 Å². The molecule has 154 valence electrons. The van der Waals surface area contributed by atoms with Crippen LogP contribution in [0, 0.1) is 0 Å². The van der Waals surface area contributed by atoms with Crippen molar-refractivity contribution in [2.75, 3.05) is 14.2 Å². The molecular weight excluding hydrogens is 386 g/mol. The highest BCUT2D eigenvalue weighted by Crippen LogP contribution is 2.35. The molecular formula is C20H21N7O3. The van der Waals surface area contributed by atoms with Crippen molar-refractivity contribution in [3.8, 4) is 28.7 Å². The number of rotatable bonds is 5. The van der Waals surface area contributed by atoms with Gasteiger partial charge in [0.1, 0.15) is 17.8 Å². The first kappa shape index (κ1) is 18.5. The second kappa shape index (κ2) is 7.06. The molecule has 0 saturated carbocycles. The van der Waals surface area contributed by atoms with E-state index in [-0.39, 0.29) is 5.92 Å². The highest BCUT2D eigenvalue weighted by molar-refractivity contribution is 5.63. The SMILES string of the molecule is COCc1nnn2c1Cc1c(-c3nc(C(C)C)no3)ncn1-c1ccc(OC)cc1-2. The Morgan fingerprint density at radius 2 is 2.03 bits per heavy atom. The van der Waals surface area contributed by atoms with Crippen LogP contribution < -0.4 is 4.74 Å². The van der Waals surface area contributed by atoms with Crippen molar-refractivity contribution in [1.82, 2.24) is 34.7 Å². The average Bonchev–Trinajstić information content (AvgIpc) is 3.46. The van der Waals surface area contributed by atoms with Crippen LogP contribution in [0.4, 0.5) is 0 Å². The van der Waals surface area contributed by atoms with Crippen LogP contribution in [0.3, 0.4) is 0 Å². The summed E-state index contributed by atoms with van der Waals surface area (Å²) in [6.45, 7) is 4.40. The number of hydrogen-bond donors (Lipinski definition) is 0. The predicted molar refractivity (Wildman–Crippen MR) is 106 cm³/mol. The number of hydrogen-bond acceptors (Lipinski definition) is 8. The normalized spacial score (nSPS) is 12.4. The summed E-state index contributed by atoms with van der Waals surface area (Å²) < 4.78 is 20.2. The molecule has 4 aromatic rings. The molecule has 5 rings (SSSR count). The molecule has 0 saturated heterocycles. The minimum atomic E-state index is 0.163. The molecule has 0 fully saturated rings. The molecule has 4 heterocycles. The maximum atomic E-state index is 5.53. The van der Waals surface area contributed by atoms with Crippen LogP contribution in [0.2, 0.25) is 0 Å². The topological polar surface area (TPSA) is 106 Å². The predicted octanol–water partition coefficient (Wildman–Crippen LogP) is 2.69. The van der Waals surface area contributed by atoms with E-state index in [0.717, 1.165) is 34.2 Å². The fourth-order valence-electron chi connectivity index (χ4n) is 3.61. The maximum absolute atomic E-state index is 5.53. The van der Waals surface area contributed by atoms with Gasteiger partial charge in [-0.05, 0) is 12.1 Å².